The quantitative estimate of drug-likeness (QED) is 0.635. The van der Waals surface area contributed by atoms with Crippen LogP contribution in [0.15, 0.2) is 60.8 Å². The number of H-pyrrole nitrogens is 1. The molecule has 5 nitrogen and oxygen atoms in total. The SMILES string of the molecule is CCC(NC(=O)c1cn[nH]c1-c1ccccc1F)C(O)c1ccccc1. The van der Waals surface area contributed by atoms with E-state index in [9.17, 15) is 14.3 Å². The van der Waals surface area contributed by atoms with Crippen molar-refractivity contribution in [2.45, 2.75) is 25.5 Å². The molecule has 0 saturated heterocycles. The van der Waals surface area contributed by atoms with Crippen molar-refractivity contribution in [2.75, 3.05) is 0 Å². The molecule has 0 spiro atoms. The van der Waals surface area contributed by atoms with E-state index in [1.165, 1.54) is 12.3 Å². The van der Waals surface area contributed by atoms with Gasteiger partial charge in [0.25, 0.3) is 5.91 Å². The van der Waals surface area contributed by atoms with E-state index >= 15 is 0 Å². The summed E-state index contributed by atoms with van der Waals surface area (Å²) < 4.78 is 14.1. The number of hydrogen-bond donors (Lipinski definition) is 3. The van der Waals surface area contributed by atoms with Crippen molar-refractivity contribution in [2.24, 2.45) is 0 Å². The molecule has 3 rings (SSSR count). The standard InChI is InChI=1S/C20H20FN3O2/c1-2-17(19(25)13-8-4-3-5-9-13)23-20(26)15-12-22-24-18(15)14-10-6-7-11-16(14)21/h3-12,17,19,25H,2H2,1H3,(H,22,24)(H,23,26). The van der Waals surface area contributed by atoms with Gasteiger partial charge in [-0.1, -0.05) is 49.4 Å². The molecule has 0 aliphatic heterocycles. The summed E-state index contributed by atoms with van der Waals surface area (Å²) in [6.45, 7) is 1.88. The Hall–Kier alpha value is -2.99. The van der Waals surface area contributed by atoms with Gasteiger partial charge in [-0.2, -0.15) is 5.10 Å². The lowest BCUT2D eigenvalue weighted by Crippen LogP contribution is -2.39. The largest absolute Gasteiger partial charge is 0.386 e. The lowest BCUT2D eigenvalue weighted by atomic mass is 9.99. The third-order valence-electron chi connectivity index (χ3n) is 4.31. The highest BCUT2D eigenvalue weighted by Gasteiger charge is 2.24. The van der Waals surface area contributed by atoms with Crippen molar-refractivity contribution in [3.63, 3.8) is 0 Å². The molecule has 2 aromatic carbocycles. The summed E-state index contributed by atoms with van der Waals surface area (Å²) >= 11 is 0. The number of aliphatic hydroxyl groups excluding tert-OH is 1. The van der Waals surface area contributed by atoms with Crippen LogP contribution in [0.25, 0.3) is 11.3 Å². The third-order valence-corrected chi connectivity index (χ3v) is 4.31. The van der Waals surface area contributed by atoms with E-state index in [0.717, 1.165) is 5.56 Å². The normalized spacial score (nSPS) is 13.2. The minimum Gasteiger partial charge on any atom is -0.386 e. The minimum atomic E-state index is -0.839. The summed E-state index contributed by atoms with van der Waals surface area (Å²) in [5, 5.41) is 19.9. The zero-order chi connectivity index (χ0) is 18.5. The molecule has 6 heteroatoms. The zero-order valence-electron chi connectivity index (χ0n) is 14.3. The van der Waals surface area contributed by atoms with Crippen LogP contribution >= 0.6 is 0 Å². The molecule has 134 valence electrons. The number of carbonyl (C=O) groups is 1. The predicted molar refractivity (Wildman–Crippen MR) is 96.9 cm³/mol. The second-order valence-corrected chi connectivity index (χ2v) is 5.98. The number of benzene rings is 2. The van der Waals surface area contributed by atoms with Gasteiger partial charge in [0.05, 0.1) is 29.6 Å². The van der Waals surface area contributed by atoms with Gasteiger partial charge in [-0.15, -0.1) is 0 Å². The summed E-state index contributed by atoms with van der Waals surface area (Å²) in [7, 11) is 0. The van der Waals surface area contributed by atoms with Crippen LogP contribution in [0.3, 0.4) is 0 Å². The van der Waals surface area contributed by atoms with E-state index in [2.05, 4.69) is 15.5 Å². The molecule has 1 aromatic heterocycles. The van der Waals surface area contributed by atoms with Gasteiger partial charge in [-0.25, -0.2) is 4.39 Å². The Kier molecular flexibility index (Phi) is 5.43. The second-order valence-electron chi connectivity index (χ2n) is 5.98. The highest BCUT2D eigenvalue weighted by molar-refractivity contribution is 6.00. The van der Waals surface area contributed by atoms with E-state index in [1.807, 2.05) is 37.3 Å². The fraction of sp³-hybridized carbons (Fsp3) is 0.200. The Morgan fingerprint density at radius 3 is 2.58 bits per heavy atom. The van der Waals surface area contributed by atoms with Gasteiger partial charge in [0.1, 0.15) is 5.82 Å². The van der Waals surface area contributed by atoms with Crippen LogP contribution in [-0.2, 0) is 0 Å². The molecule has 0 radical (unpaired) electrons. The number of halogens is 1. The van der Waals surface area contributed by atoms with Crippen molar-refractivity contribution in [1.82, 2.24) is 15.5 Å². The van der Waals surface area contributed by atoms with Crippen LogP contribution in [0, 0.1) is 5.82 Å². The third kappa shape index (κ3) is 3.65. The predicted octanol–water partition coefficient (Wildman–Crippen LogP) is 3.46. The summed E-state index contributed by atoms with van der Waals surface area (Å²) in [5.74, 6) is -0.860. The van der Waals surface area contributed by atoms with E-state index in [4.69, 9.17) is 0 Å². The van der Waals surface area contributed by atoms with Crippen molar-refractivity contribution < 1.29 is 14.3 Å². The van der Waals surface area contributed by atoms with Crippen LogP contribution < -0.4 is 5.32 Å². The van der Waals surface area contributed by atoms with E-state index in [0.29, 0.717) is 12.1 Å². The Morgan fingerprint density at radius 1 is 1.19 bits per heavy atom. The molecule has 0 aliphatic carbocycles. The molecule has 0 fully saturated rings. The number of rotatable bonds is 6. The number of aromatic nitrogens is 2. The second kappa shape index (κ2) is 7.93. The number of aliphatic hydroxyl groups is 1. The van der Waals surface area contributed by atoms with Crippen LogP contribution in [-0.4, -0.2) is 27.3 Å². The Bertz CT molecular complexity index is 880. The molecule has 1 amide bonds. The number of nitrogens with zero attached hydrogens (tertiary/aromatic N) is 1. The van der Waals surface area contributed by atoms with Crippen LogP contribution in [0.5, 0.6) is 0 Å². The first-order valence-electron chi connectivity index (χ1n) is 8.44. The zero-order valence-corrected chi connectivity index (χ0v) is 14.3. The van der Waals surface area contributed by atoms with Crippen molar-refractivity contribution in [1.29, 1.82) is 0 Å². The smallest absolute Gasteiger partial charge is 0.255 e. The first-order valence-corrected chi connectivity index (χ1v) is 8.44. The fourth-order valence-electron chi connectivity index (χ4n) is 2.86. The lowest BCUT2D eigenvalue weighted by Gasteiger charge is -2.23. The maximum absolute atomic E-state index is 14.1. The van der Waals surface area contributed by atoms with Crippen molar-refractivity contribution >= 4 is 5.91 Å². The van der Waals surface area contributed by atoms with Crippen LogP contribution in [0.4, 0.5) is 4.39 Å². The maximum Gasteiger partial charge on any atom is 0.255 e. The Labute approximate surface area is 150 Å². The monoisotopic (exact) mass is 353 g/mol. The summed E-state index contributed by atoms with van der Waals surface area (Å²) in [6.07, 6.45) is 1.06. The number of nitrogens with one attached hydrogen (secondary N) is 2. The molecular weight excluding hydrogens is 333 g/mol. The van der Waals surface area contributed by atoms with Gasteiger partial charge in [0, 0.05) is 5.56 Å². The molecular formula is C20H20FN3O2. The molecule has 3 aromatic rings. The van der Waals surface area contributed by atoms with Gasteiger partial charge < -0.3 is 10.4 Å². The first-order chi connectivity index (χ1) is 12.6. The van der Waals surface area contributed by atoms with Crippen LogP contribution in [0.1, 0.15) is 35.4 Å². The summed E-state index contributed by atoms with van der Waals surface area (Å²) in [6, 6.07) is 14.8. The first kappa shape index (κ1) is 17.8. The summed E-state index contributed by atoms with van der Waals surface area (Å²) in [4.78, 5) is 12.7. The fourth-order valence-corrected chi connectivity index (χ4v) is 2.86. The Morgan fingerprint density at radius 2 is 1.88 bits per heavy atom. The van der Waals surface area contributed by atoms with E-state index < -0.39 is 23.9 Å². The van der Waals surface area contributed by atoms with Gasteiger partial charge >= 0.3 is 0 Å². The molecule has 3 N–H and O–H groups in total. The lowest BCUT2D eigenvalue weighted by molar-refractivity contribution is 0.0827. The van der Waals surface area contributed by atoms with Gasteiger partial charge in [-0.3, -0.25) is 9.89 Å². The average molecular weight is 353 g/mol. The highest BCUT2D eigenvalue weighted by atomic mass is 19.1. The number of aromatic amines is 1. The maximum atomic E-state index is 14.1. The highest BCUT2D eigenvalue weighted by Crippen LogP contribution is 2.25. The molecule has 0 saturated carbocycles. The van der Waals surface area contributed by atoms with Crippen LogP contribution in [0.2, 0.25) is 0 Å². The minimum absolute atomic E-state index is 0.230. The number of carbonyl (C=O) groups excluding carboxylic acids is 1. The molecule has 2 unspecified atom stereocenters. The van der Waals surface area contributed by atoms with Crippen molar-refractivity contribution in [3.8, 4) is 11.3 Å². The summed E-state index contributed by atoms with van der Waals surface area (Å²) in [5.41, 5.74) is 1.53. The van der Waals surface area contributed by atoms with E-state index in [1.54, 1.807) is 18.2 Å². The Balaban J connectivity index is 1.82. The van der Waals surface area contributed by atoms with Crippen molar-refractivity contribution in [3.05, 3.63) is 77.7 Å². The molecule has 0 aliphatic rings. The molecule has 26 heavy (non-hydrogen) atoms. The van der Waals surface area contributed by atoms with Gasteiger partial charge in [-0.05, 0) is 24.1 Å². The van der Waals surface area contributed by atoms with Gasteiger partial charge in [0.15, 0.2) is 0 Å². The molecule has 1 heterocycles. The van der Waals surface area contributed by atoms with E-state index in [-0.39, 0.29) is 11.1 Å². The number of amides is 1. The topological polar surface area (TPSA) is 78.0 Å². The number of hydrogen-bond acceptors (Lipinski definition) is 3. The molecule has 2 atom stereocenters. The average Bonchev–Trinajstić information content (AvgIpc) is 3.16. The molecule has 0 bridgehead atoms. The van der Waals surface area contributed by atoms with Gasteiger partial charge in [0.2, 0.25) is 0 Å².